The lowest BCUT2D eigenvalue weighted by atomic mass is 10.00. The number of benzene rings is 2. The summed E-state index contributed by atoms with van der Waals surface area (Å²) in [6, 6.07) is 16.0. The number of ether oxygens (including phenoxy) is 2. The average molecular weight is 434 g/mol. The van der Waals surface area contributed by atoms with Gasteiger partial charge < -0.3 is 19.6 Å². The SMILES string of the molecule is COC(=O)Cc1ccccc1OCc1cc(-c2ccnc(C(N)CF)c2)c2occc2c1. The quantitative estimate of drug-likeness (QED) is 0.403. The van der Waals surface area contributed by atoms with Crippen molar-refractivity contribution in [1.29, 1.82) is 0 Å². The second-order valence-corrected chi connectivity index (χ2v) is 7.36. The van der Waals surface area contributed by atoms with E-state index in [-0.39, 0.29) is 19.0 Å². The number of alkyl halides is 1. The van der Waals surface area contributed by atoms with Crippen molar-refractivity contribution < 1.29 is 23.1 Å². The van der Waals surface area contributed by atoms with E-state index in [0.29, 0.717) is 17.0 Å². The fourth-order valence-electron chi connectivity index (χ4n) is 3.52. The van der Waals surface area contributed by atoms with E-state index >= 15 is 0 Å². The van der Waals surface area contributed by atoms with Crippen molar-refractivity contribution in [1.82, 2.24) is 4.98 Å². The van der Waals surface area contributed by atoms with Crippen molar-refractivity contribution in [3.05, 3.63) is 83.9 Å². The van der Waals surface area contributed by atoms with Crippen molar-refractivity contribution in [2.45, 2.75) is 19.1 Å². The van der Waals surface area contributed by atoms with E-state index in [9.17, 15) is 9.18 Å². The van der Waals surface area contributed by atoms with Crippen molar-refractivity contribution >= 4 is 16.9 Å². The maximum absolute atomic E-state index is 13.0. The highest BCUT2D eigenvalue weighted by Gasteiger charge is 2.14. The summed E-state index contributed by atoms with van der Waals surface area (Å²) in [4.78, 5) is 15.9. The summed E-state index contributed by atoms with van der Waals surface area (Å²) in [6.07, 6.45) is 3.37. The molecule has 7 heteroatoms. The van der Waals surface area contributed by atoms with E-state index in [1.165, 1.54) is 7.11 Å². The number of carbonyl (C=O) groups is 1. The van der Waals surface area contributed by atoms with Gasteiger partial charge in [-0.2, -0.15) is 0 Å². The molecule has 0 spiro atoms. The molecule has 2 heterocycles. The van der Waals surface area contributed by atoms with E-state index in [4.69, 9.17) is 19.6 Å². The van der Waals surface area contributed by atoms with Crippen molar-refractivity contribution in [2.24, 2.45) is 5.73 Å². The molecule has 2 aromatic carbocycles. The van der Waals surface area contributed by atoms with E-state index < -0.39 is 12.7 Å². The van der Waals surface area contributed by atoms with Gasteiger partial charge in [0.1, 0.15) is 24.6 Å². The molecule has 0 fully saturated rings. The van der Waals surface area contributed by atoms with E-state index in [2.05, 4.69) is 4.98 Å². The van der Waals surface area contributed by atoms with Gasteiger partial charge in [-0.15, -0.1) is 0 Å². The molecule has 0 saturated carbocycles. The molecule has 1 unspecified atom stereocenters. The van der Waals surface area contributed by atoms with Crippen molar-refractivity contribution in [3.63, 3.8) is 0 Å². The van der Waals surface area contributed by atoms with Gasteiger partial charge in [-0.1, -0.05) is 18.2 Å². The normalized spacial score (nSPS) is 12.0. The lowest BCUT2D eigenvalue weighted by Gasteiger charge is -2.13. The molecule has 164 valence electrons. The highest BCUT2D eigenvalue weighted by Crippen LogP contribution is 2.32. The Kier molecular flexibility index (Phi) is 6.47. The molecule has 0 bridgehead atoms. The van der Waals surface area contributed by atoms with Crippen LogP contribution in [0.1, 0.15) is 22.9 Å². The van der Waals surface area contributed by atoms with E-state index in [0.717, 1.165) is 27.6 Å². The molecule has 1 atom stereocenters. The number of hydrogen-bond donors (Lipinski definition) is 1. The minimum absolute atomic E-state index is 0.132. The second-order valence-electron chi connectivity index (χ2n) is 7.36. The lowest BCUT2D eigenvalue weighted by molar-refractivity contribution is -0.139. The molecule has 0 aliphatic carbocycles. The number of nitrogens with zero attached hydrogens (tertiary/aromatic N) is 1. The molecule has 6 nitrogen and oxygen atoms in total. The smallest absolute Gasteiger partial charge is 0.310 e. The summed E-state index contributed by atoms with van der Waals surface area (Å²) in [6.45, 7) is -0.403. The maximum atomic E-state index is 13.0. The third kappa shape index (κ3) is 4.63. The first-order valence-corrected chi connectivity index (χ1v) is 10.1. The van der Waals surface area contributed by atoms with Crippen LogP contribution in [-0.2, 0) is 22.6 Å². The number of fused-ring (bicyclic) bond motifs is 1. The first kappa shape index (κ1) is 21.5. The van der Waals surface area contributed by atoms with Gasteiger partial charge in [-0.05, 0) is 47.5 Å². The van der Waals surface area contributed by atoms with Crippen LogP contribution in [0.15, 0.2) is 71.5 Å². The zero-order chi connectivity index (χ0) is 22.5. The van der Waals surface area contributed by atoms with Gasteiger partial charge >= 0.3 is 5.97 Å². The third-order valence-electron chi connectivity index (χ3n) is 5.18. The first-order chi connectivity index (χ1) is 15.6. The number of halogens is 1. The van der Waals surface area contributed by atoms with Crippen LogP contribution in [0.25, 0.3) is 22.1 Å². The molecular formula is C25H23FN2O4. The topological polar surface area (TPSA) is 87.6 Å². The van der Waals surface area contributed by atoms with Gasteiger partial charge in [-0.25, -0.2) is 4.39 Å². The Hall–Kier alpha value is -3.71. The predicted molar refractivity (Wildman–Crippen MR) is 119 cm³/mol. The number of furan rings is 1. The standard InChI is InChI=1S/C25H23FN2O4/c1-30-24(29)13-18-4-2-3-5-23(18)32-15-16-10-19-7-9-31-25(19)20(11-16)17-6-8-28-22(12-17)21(27)14-26/h2-12,21H,13-15,27H2,1H3. The molecule has 0 aliphatic heterocycles. The number of rotatable bonds is 8. The molecule has 32 heavy (non-hydrogen) atoms. The van der Waals surface area contributed by atoms with Crippen molar-refractivity contribution in [3.8, 4) is 16.9 Å². The monoisotopic (exact) mass is 434 g/mol. The molecule has 2 aromatic heterocycles. The highest BCUT2D eigenvalue weighted by molar-refractivity contribution is 5.93. The maximum Gasteiger partial charge on any atom is 0.310 e. The summed E-state index contributed by atoms with van der Waals surface area (Å²) in [5.41, 5.74) is 10.3. The molecule has 0 saturated heterocycles. The molecule has 2 N–H and O–H groups in total. The minimum atomic E-state index is -0.778. The molecule has 4 aromatic rings. The van der Waals surface area contributed by atoms with E-state index in [1.807, 2.05) is 48.5 Å². The van der Waals surface area contributed by atoms with Gasteiger partial charge in [0.25, 0.3) is 0 Å². The fourth-order valence-corrected chi connectivity index (χ4v) is 3.52. The highest BCUT2D eigenvalue weighted by atomic mass is 19.1. The number of nitrogens with two attached hydrogens (primary N) is 1. The third-order valence-corrected chi connectivity index (χ3v) is 5.18. The second kappa shape index (κ2) is 9.62. The van der Waals surface area contributed by atoms with Crippen LogP contribution in [-0.4, -0.2) is 24.7 Å². The Balaban J connectivity index is 1.65. The molecular weight excluding hydrogens is 411 g/mol. The number of para-hydroxylation sites is 1. The summed E-state index contributed by atoms with van der Waals surface area (Å²) >= 11 is 0. The Labute approximate surface area is 184 Å². The Bertz CT molecular complexity index is 1240. The number of aromatic nitrogens is 1. The number of pyridine rings is 1. The Morgan fingerprint density at radius 3 is 2.84 bits per heavy atom. The molecule has 0 aliphatic rings. The number of hydrogen-bond acceptors (Lipinski definition) is 6. The minimum Gasteiger partial charge on any atom is -0.489 e. The zero-order valence-corrected chi connectivity index (χ0v) is 17.6. The van der Waals surface area contributed by atoms with Crippen LogP contribution in [0.4, 0.5) is 4.39 Å². The fraction of sp³-hybridized carbons (Fsp3) is 0.200. The first-order valence-electron chi connectivity index (χ1n) is 10.1. The van der Waals surface area contributed by atoms with Gasteiger partial charge in [0.2, 0.25) is 0 Å². The number of esters is 1. The van der Waals surface area contributed by atoms with E-state index in [1.54, 1.807) is 18.5 Å². The van der Waals surface area contributed by atoms with Gasteiger partial charge in [-0.3, -0.25) is 9.78 Å². The largest absolute Gasteiger partial charge is 0.489 e. The molecule has 0 radical (unpaired) electrons. The summed E-state index contributed by atoms with van der Waals surface area (Å²) < 4.78 is 29.6. The Morgan fingerprint density at radius 1 is 1.19 bits per heavy atom. The molecule has 4 rings (SSSR count). The molecule has 0 amide bonds. The van der Waals surface area contributed by atoms with Crippen LogP contribution >= 0.6 is 0 Å². The van der Waals surface area contributed by atoms with Crippen LogP contribution in [0.3, 0.4) is 0 Å². The van der Waals surface area contributed by atoms with Crippen LogP contribution in [0, 0.1) is 0 Å². The van der Waals surface area contributed by atoms with Crippen LogP contribution < -0.4 is 10.5 Å². The Morgan fingerprint density at radius 2 is 2.03 bits per heavy atom. The average Bonchev–Trinajstić information content (AvgIpc) is 3.31. The van der Waals surface area contributed by atoms with Crippen LogP contribution in [0.2, 0.25) is 0 Å². The summed E-state index contributed by atoms with van der Waals surface area (Å²) in [7, 11) is 1.36. The lowest BCUT2D eigenvalue weighted by Crippen LogP contribution is -2.13. The predicted octanol–water partition coefficient (Wildman–Crippen LogP) is 4.76. The number of carbonyl (C=O) groups excluding carboxylic acids is 1. The number of methoxy groups -OCH3 is 1. The zero-order valence-electron chi connectivity index (χ0n) is 17.6. The van der Waals surface area contributed by atoms with Gasteiger partial charge in [0.15, 0.2) is 0 Å². The van der Waals surface area contributed by atoms with Gasteiger partial charge in [0, 0.05) is 22.7 Å². The van der Waals surface area contributed by atoms with Crippen LogP contribution in [0.5, 0.6) is 5.75 Å². The van der Waals surface area contributed by atoms with Gasteiger partial charge in [0.05, 0.1) is 31.5 Å². The van der Waals surface area contributed by atoms with Crippen molar-refractivity contribution in [2.75, 3.05) is 13.8 Å². The summed E-state index contributed by atoms with van der Waals surface area (Å²) in [5, 5.41) is 0.914. The summed E-state index contributed by atoms with van der Waals surface area (Å²) in [5.74, 6) is 0.287.